The van der Waals surface area contributed by atoms with E-state index in [1.54, 1.807) is 31.2 Å². The van der Waals surface area contributed by atoms with E-state index in [9.17, 15) is 9.59 Å². The molecule has 98 valence electrons. The Morgan fingerprint density at radius 1 is 1.11 bits per heavy atom. The lowest BCUT2D eigenvalue weighted by Gasteiger charge is -2.06. The van der Waals surface area contributed by atoms with Gasteiger partial charge in [-0.1, -0.05) is 5.16 Å². The molecule has 0 saturated heterocycles. The fraction of sp³-hybridized carbons (Fsp3) is 0.154. The van der Waals surface area contributed by atoms with Gasteiger partial charge in [-0.05, 0) is 31.2 Å². The first-order valence-electron chi connectivity index (χ1n) is 5.66. The highest BCUT2D eigenvalue weighted by molar-refractivity contribution is 6.04. The number of aromatic nitrogens is 1. The predicted molar refractivity (Wildman–Crippen MR) is 69.9 cm³/mol. The maximum atomic E-state index is 11.9. The van der Waals surface area contributed by atoms with Gasteiger partial charge in [0.25, 0.3) is 5.91 Å². The van der Waals surface area contributed by atoms with Gasteiger partial charge in [0.2, 0.25) is 5.91 Å². The van der Waals surface area contributed by atoms with Crippen molar-refractivity contribution in [3.63, 3.8) is 0 Å². The Kier molecular flexibility index (Phi) is 3.61. The first-order valence-corrected chi connectivity index (χ1v) is 5.66. The van der Waals surface area contributed by atoms with Crippen LogP contribution in [-0.2, 0) is 4.79 Å². The summed E-state index contributed by atoms with van der Waals surface area (Å²) in [6.45, 7) is 3.10. The van der Waals surface area contributed by atoms with Crippen LogP contribution >= 0.6 is 0 Å². The maximum Gasteiger partial charge on any atom is 0.260 e. The van der Waals surface area contributed by atoms with Crippen LogP contribution in [0, 0.1) is 6.92 Å². The van der Waals surface area contributed by atoms with Gasteiger partial charge in [-0.15, -0.1) is 0 Å². The molecule has 0 fully saturated rings. The van der Waals surface area contributed by atoms with Gasteiger partial charge in [0, 0.05) is 18.3 Å². The van der Waals surface area contributed by atoms with Crippen LogP contribution in [0.5, 0.6) is 0 Å². The summed E-state index contributed by atoms with van der Waals surface area (Å²) in [5, 5.41) is 8.91. The maximum absolute atomic E-state index is 11.9. The summed E-state index contributed by atoms with van der Waals surface area (Å²) in [7, 11) is 0. The summed E-state index contributed by atoms with van der Waals surface area (Å²) in [4.78, 5) is 22.7. The van der Waals surface area contributed by atoms with Crippen LogP contribution in [0.2, 0.25) is 0 Å². The Morgan fingerprint density at radius 3 is 2.16 bits per heavy atom. The molecule has 0 spiro atoms. The van der Waals surface area contributed by atoms with E-state index in [0.717, 1.165) is 0 Å². The molecule has 2 rings (SSSR count). The Bertz CT molecular complexity index is 602. The van der Waals surface area contributed by atoms with Gasteiger partial charge in [0.05, 0.1) is 6.20 Å². The van der Waals surface area contributed by atoms with Gasteiger partial charge in [-0.3, -0.25) is 9.59 Å². The van der Waals surface area contributed by atoms with Crippen molar-refractivity contribution in [3.8, 4) is 0 Å². The molecule has 0 bridgehead atoms. The van der Waals surface area contributed by atoms with Crippen molar-refractivity contribution in [2.45, 2.75) is 13.8 Å². The third kappa shape index (κ3) is 3.19. The van der Waals surface area contributed by atoms with E-state index in [1.165, 1.54) is 13.1 Å². The number of benzene rings is 1. The first-order chi connectivity index (χ1) is 9.06. The van der Waals surface area contributed by atoms with Crippen molar-refractivity contribution >= 4 is 23.2 Å². The van der Waals surface area contributed by atoms with Crippen LogP contribution in [0.1, 0.15) is 23.0 Å². The number of nitrogens with one attached hydrogen (secondary N) is 2. The molecule has 6 heteroatoms. The molecule has 2 N–H and O–H groups in total. The number of carbonyl (C=O) groups excluding carboxylic acids is 2. The summed E-state index contributed by atoms with van der Waals surface area (Å²) in [5.74, 6) is 0.0373. The fourth-order valence-electron chi connectivity index (χ4n) is 1.56. The zero-order valence-electron chi connectivity index (χ0n) is 10.6. The van der Waals surface area contributed by atoms with E-state index in [0.29, 0.717) is 22.7 Å². The minimum atomic E-state index is -0.286. The lowest BCUT2D eigenvalue weighted by atomic mass is 10.2. The molecule has 0 aliphatic carbocycles. The fourth-order valence-corrected chi connectivity index (χ4v) is 1.56. The molecule has 0 unspecified atom stereocenters. The Hall–Kier alpha value is -2.63. The van der Waals surface area contributed by atoms with Gasteiger partial charge in [-0.25, -0.2) is 0 Å². The zero-order valence-corrected chi connectivity index (χ0v) is 10.6. The minimum absolute atomic E-state index is 0.142. The highest BCUT2D eigenvalue weighted by Gasteiger charge is 2.12. The second-order valence-electron chi connectivity index (χ2n) is 4.01. The van der Waals surface area contributed by atoms with Gasteiger partial charge in [-0.2, -0.15) is 0 Å². The monoisotopic (exact) mass is 259 g/mol. The molecular formula is C13H13N3O3. The molecule has 0 saturated carbocycles. The topological polar surface area (TPSA) is 84.2 Å². The van der Waals surface area contributed by atoms with Crippen molar-refractivity contribution in [3.05, 3.63) is 41.8 Å². The summed E-state index contributed by atoms with van der Waals surface area (Å²) < 4.78 is 4.83. The molecule has 1 aromatic heterocycles. The summed E-state index contributed by atoms with van der Waals surface area (Å²) in [6.07, 6.45) is 1.37. The van der Waals surface area contributed by atoms with Gasteiger partial charge >= 0.3 is 0 Å². The standard InChI is InChI=1S/C13H13N3O3/c1-8-12(7-14-19-8)13(18)16-11-5-3-10(4-6-11)15-9(2)17/h3-7H,1-2H3,(H,15,17)(H,16,18). The number of rotatable bonds is 3. The average molecular weight is 259 g/mol. The van der Waals surface area contributed by atoms with Crippen molar-refractivity contribution in [1.82, 2.24) is 5.16 Å². The third-order valence-corrected chi connectivity index (χ3v) is 2.46. The highest BCUT2D eigenvalue weighted by atomic mass is 16.5. The molecule has 19 heavy (non-hydrogen) atoms. The van der Waals surface area contributed by atoms with Crippen LogP contribution in [0.4, 0.5) is 11.4 Å². The Labute approximate surface area is 109 Å². The van der Waals surface area contributed by atoms with Gasteiger partial charge in [0.15, 0.2) is 0 Å². The van der Waals surface area contributed by atoms with Crippen LogP contribution in [0.15, 0.2) is 35.0 Å². The van der Waals surface area contributed by atoms with Crippen LogP contribution in [0.25, 0.3) is 0 Å². The number of hydrogen-bond acceptors (Lipinski definition) is 4. The van der Waals surface area contributed by atoms with E-state index in [1.807, 2.05) is 0 Å². The minimum Gasteiger partial charge on any atom is -0.361 e. The van der Waals surface area contributed by atoms with Gasteiger partial charge < -0.3 is 15.2 Å². The molecule has 0 atom stereocenters. The lowest BCUT2D eigenvalue weighted by Crippen LogP contribution is -2.12. The Morgan fingerprint density at radius 2 is 1.68 bits per heavy atom. The van der Waals surface area contributed by atoms with E-state index in [4.69, 9.17) is 4.52 Å². The second-order valence-corrected chi connectivity index (χ2v) is 4.01. The summed E-state index contributed by atoms with van der Waals surface area (Å²) in [5.41, 5.74) is 1.69. The summed E-state index contributed by atoms with van der Waals surface area (Å²) >= 11 is 0. The predicted octanol–water partition coefficient (Wildman–Crippen LogP) is 2.19. The molecule has 2 amide bonds. The first kappa shape index (κ1) is 12.8. The SMILES string of the molecule is CC(=O)Nc1ccc(NC(=O)c2cnoc2C)cc1. The number of hydrogen-bond donors (Lipinski definition) is 2. The smallest absolute Gasteiger partial charge is 0.260 e. The molecule has 0 radical (unpaired) electrons. The number of nitrogens with zero attached hydrogens (tertiary/aromatic N) is 1. The number of amides is 2. The van der Waals surface area contributed by atoms with E-state index >= 15 is 0 Å². The van der Waals surface area contributed by atoms with Crippen molar-refractivity contribution in [2.24, 2.45) is 0 Å². The largest absolute Gasteiger partial charge is 0.361 e. The van der Waals surface area contributed by atoms with E-state index in [2.05, 4.69) is 15.8 Å². The highest BCUT2D eigenvalue weighted by Crippen LogP contribution is 2.15. The van der Waals surface area contributed by atoms with Crippen molar-refractivity contribution in [2.75, 3.05) is 10.6 Å². The van der Waals surface area contributed by atoms with Crippen LogP contribution in [-0.4, -0.2) is 17.0 Å². The number of aryl methyl sites for hydroxylation is 1. The third-order valence-electron chi connectivity index (χ3n) is 2.46. The second kappa shape index (κ2) is 5.34. The van der Waals surface area contributed by atoms with Gasteiger partial charge in [0.1, 0.15) is 11.3 Å². The lowest BCUT2D eigenvalue weighted by molar-refractivity contribution is -0.114. The summed E-state index contributed by atoms with van der Waals surface area (Å²) in [6, 6.07) is 6.81. The van der Waals surface area contributed by atoms with E-state index < -0.39 is 0 Å². The van der Waals surface area contributed by atoms with Crippen molar-refractivity contribution in [1.29, 1.82) is 0 Å². The van der Waals surface area contributed by atoms with Crippen LogP contribution in [0.3, 0.4) is 0 Å². The Balaban J connectivity index is 2.06. The molecule has 0 aliphatic heterocycles. The molecule has 0 aliphatic rings. The number of carbonyl (C=O) groups is 2. The molecule has 1 heterocycles. The average Bonchev–Trinajstić information content (AvgIpc) is 2.77. The molecule has 2 aromatic rings. The van der Waals surface area contributed by atoms with E-state index in [-0.39, 0.29) is 11.8 Å². The normalized spacial score (nSPS) is 10.0. The molecular weight excluding hydrogens is 246 g/mol. The van der Waals surface area contributed by atoms with Crippen LogP contribution < -0.4 is 10.6 Å². The zero-order chi connectivity index (χ0) is 13.8. The van der Waals surface area contributed by atoms with Crippen molar-refractivity contribution < 1.29 is 14.1 Å². The molecule has 6 nitrogen and oxygen atoms in total. The number of anilines is 2. The quantitative estimate of drug-likeness (QED) is 0.884. The molecule has 1 aromatic carbocycles.